The zero-order valence-electron chi connectivity index (χ0n) is 4.29. The Kier molecular flexibility index (Phi) is 42.4. The summed E-state index contributed by atoms with van der Waals surface area (Å²) in [5.41, 5.74) is 0. The summed E-state index contributed by atoms with van der Waals surface area (Å²) in [6.45, 7) is 0. The molecule has 9 heavy (non-hydrogen) atoms. The van der Waals surface area contributed by atoms with Crippen molar-refractivity contribution in [1.29, 1.82) is 0 Å². The van der Waals surface area contributed by atoms with Gasteiger partial charge in [0.15, 0.2) is 0 Å². The first-order valence-corrected chi connectivity index (χ1v) is 2.68. The van der Waals surface area contributed by atoms with Gasteiger partial charge in [0.2, 0.25) is 0 Å². The van der Waals surface area contributed by atoms with E-state index >= 15 is 0 Å². The maximum absolute atomic E-state index is 7.33. The summed E-state index contributed by atoms with van der Waals surface area (Å²) in [7, 11) is -4.61. The summed E-state index contributed by atoms with van der Waals surface area (Å²) in [6, 6.07) is 0. The quantitative estimate of drug-likeness (QED) is 0.326. The van der Waals surface area contributed by atoms with Crippen molar-refractivity contribution in [3.63, 3.8) is 0 Å². The maximum Gasteiger partial charge on any atom is 0.668 e. The summed E-state index contributed by atoms with van der Waals surface area (Å²) >= 11 is 0. The molecule has 0 radical (unpaired) electrons. The van der Waals surface area contributed by atoms with Crippen LogP contribution in [0.25, 0.3) is 0 Å². The van der Waals surface area contributed by atoms with Gasteiger partial charge in [-0.25, -0.2) is 0 Å². The minimum atomic E-state index is -4.61. The minimum absolute atomic E-state index is 0. The molecule has 0 aliphatic carbocycles. The molecule has 0 spiro atoms. The van der Waals surface area contributed by atoms with Crippen LogP contribution in [-0.4, -0.2) is 44.7 Å². The molecule has 0 saturated carbocycles. The third kappa shape index (κ3) is 289. The first kappa shape index (κ1) is 31.7. The predicted octanol–water partition coefficient (Wildman–Crippen LogP) is -5.08. The predicted molar refractivity (Wildman–Crippen MR) is 25.5 cm³/mol. The fourth-order valence-electron chi connectivity index (χ4n) is 0. The van der Waals surface area contributed by atoms with E-state index in [-0.39, 0.29) is 58.2 Å². The van der Waals surface area contributed by atoms with Crippen LogP contribution in [0.3, 0.4) is 0 Å². The molecule has 0 aliphatic heterocycles. The van der Waals surface area contributed by atoms with E-state index in [2.05, 4.69) is 0 Å². The van der Waals surface area contributed by atoms with Crippen LogP contribution in [0, 0.1) is 41.7 Å². The van der Waals surface area contributed by atoms with Crippen molar-refractivity contribution < 1.29 is 77.4 Å². The van der Waals surface area contributed by atoms with Gasteiger partial charge in [-0.15, -0.1) is 0 Å². The van der Waals surface area contributed by atoms with Crippen LogP contribution < -0.4 is 0 Å². The smallest absolute Gasteiger partial charge is 0.412 e. The van der Waals surface area contributed by atoms with Gasteiger partial charge in [0.1, 0.15) is 0 Å². The largest absolute Gasteiger partial charge is 0.668 e. The van der Waals surface area contributed by atoms with Crippen molar-refractivity contribution in [3.05, 3.63) is 0 Å². The molecule has 60 valence electrons. The summed E-state index contributed by atoms with van der Waals surface area (Å²) in [5, 5.41) is 0. The van der Waals surface area contributed by atoms with Gasteiger partial charge in [0, 0.05) is 41.7 Å². The number of hydrogen-bond donors (Lipinski definition) is 4. The molecular weight excluding hydrogens is 280 g/mol. The van der Waals surface area contributed by atoms with Gasteiger partial charge in [0.25, 0.3) is 0 Å². The molecule has 0 unspecified atom stereocenters. The van der Waals surface area contributed by atoms with Crippen LogP contribution in [0.5, 0.6) is 0 Å². The summed E-state index contributed by atoms with van der Waals surface area (Å²) in [5.74, 6) is 0. The Balaban J connectivity index is -0.0000000133. The van der Waals surface area contributed by atoms with E-state index in [1.807, 2.05) is 0 Å². The Hall–Kier alpha value is 1.31. The molecule has 10 N–H and O–H groups in total. The topological polar surface area (TPSA) is 175 Å². The second-order valence-corrected chi connectivity index (χ2v) is 1.80. The average molecular weight is 290 g/mol. The van der Waals surface area contributed by atoms with Gasteiger partial charge in [-0.1, -0.05) is 0 Å². The molecule has 0 saturated heterocycles. The Labute approximate surface area is 85.8 Å². The zero-order chi connectivity index (χ0) is 4.50. The van der Waals surface area contributed by atoms with Gasteiger partial charge in [-0.2, -0.15) is 0 Å². The van der Waals surface area contributed by atoms with Gasteiger partial charge in [-0.3, -0.25) is 0 Å². The first-order valence-electron chi connectivity index (χ1n) is 0.894. The van der Waals surface area contributed by atoms with Crippen molar-refractivity contribution >= 4 is 9.05 Å². The molecule has 0 aliphatic rings. The van der Waals surface area contributed by atoms with Crippen molar-refractivity contribution in [2.24, 2.45) is 0 Å². The molecule has 0 aromatic carbocycles. The van der Waals surface area contributed by atoms with Crippen LogP contribution in [0.15, 0.2) is 0 Å². The number of hydrogen-bond acceptors (Lipinski definition) is 4. The molecule has 0 rings (SSSR count). The Morgan fingerprint density at radius 2 is 0.667 bits per heavy atom. The summed E-state index contributed by atoms with van der Waals surface area (Å²) in [6.07, 6.45) is 0. The zero-order valence-corrected chi connectivity index (χ0v) is 8.43. The Morgan fingerprint density at radius 3 is 0.667 bits per heavy atom. The standard InChI is InChI=1S/Ce.H4O4Si.3H2O/c;1-5(2,3)4;;;/h;1-4H;3*1H2. The van der Waals surface area contributed by atoms with Crippen LogP contribution in [0.1, 0.15) is 0 Å². The van der Waals surface area contributed by atoms with Crippen molar-refractivity contribution in [2.45, 2.75) is 0 Å². The molecule has 0 heterocycles. The van der Waals surface area contributed by atoms with Crippen LogP contribution in [-0.2, 0) is 0 Å². The fourth-order valence-corrected chi connectivity index (χ4v) is 0. The molecule has 7 nitrogen and oxygen atoms in total. The van der Waals surface area contributed by atoms with E-state index in [9.17, 15) is 0 Å². The molecule has 0 atom stereocenters. The van der Waals surface area contributed by atoms with Crippen LogP contribution in [0.4, 0.5) is 0 Å². The molecule has 0 aromatic rings. The molecule has 0 fully saturated rings. The van der Waals surface area contributed by atoms with Gasteiger partial charge >= 0.3 is 9.05 Å². The first-order chi connectivity index (χ1) is 2.00. The third-order valence-electron chi connectivity index (χ3n) is 0. The Morgan fingerprint density at radius 1 is 0.667 bits per heavy atom. The van der Waals surface area contributed by atoms with Crippen LogP contribution >= 0.6 is 0 Å². The van der Waals surface area contributed by atoms with E-state index in [1.165, 1.54) is 0 Å². The van der Waals surface area contributed by atoms with Gasteiger partial charge in [0.05, 0.1) is 0 Å². The van der Waals surface area contributed by atoms with Crippen molar-refractivity contribution in [1.82, 2.24) is 0 Å². The van der Waals surface area contributed by atoms with Crippen LogP contribution in [0.2, 0.25) is 0 Å². The van der Waals surface area contributed by atoms with Gasteiger partial charge < -0.3 is 35.6 Å². The minimum Gasteiger partial charge on any atom is -0.412 e. The fraction of sp³-hybridized carbons (Fsp3) is 0. The normalized spacial score (nSPS) is 6.67. The van der Waals surface area contributed by atoms with E-state index < -0.39 is 9.05 Å². The van der Waals surface area contributed by atoms with E-state index in [1.54, 1.807) is 0 Å². The molecule has 0 aromatic heterocycles. The second kappa shape index (κ2) is 12.0. The van der Waals surface area contributed by atoms with E-state index in [4.69, 9.17) is 19.2 Å². The SMILES string of the molecule is O.O.O.O[Si](O)(O)O.[Ce]. The number of rotatable bonds is 0. The molecular formula is H10CeO7Si. The van der Waals surface area contributed by atoms with E-state index in [0.29, 0.717) is 0 Å². The monoisotopic (exact) mass is 290 g/mol. The van der Waals surface area contributed by atoms with Crippen molar-refractivity contribution in [3.8, 4) is 0 Å². The van der Waals surface area contributed by atoms with E-state index in [0.717, 1.165) is 0 Å². The second-order valence-electron chi connectivity index (χ2n) is 0.600. The third-order valence-corrected chi connectivity index (χ3v) is 0. The van der Waals surface area contributed by atoms with Gasteiger partial charge in [-0.05, 0) is 0 Å². The summed E-state index contributed by atoms with van der Waals surface area (Å²) in [4.78, 5) is 29.3. The average Bonchev–Trinajstić information content (AvgIpc) is 0.722. The molecule has 9 heteroatoms. The van der Waals surface area contributed by atoms with Crippen molar-refractivity contribution in [2.75, 3.05) is 0 Å². The molecule has 0 bridgehead atoms. The molecule has 0 amide bonds. The summed E-state index contributed by atoms with van der Waals surface area (Å²) < 4.78 is 0. The Bertz CT molecular complexity index is 24.4. The maximum atomic E-state index is 7.33.